The van der Waals surface area contributed by atoms with Crippen LogP contribution in [0.2, 0.25) is 0 Å². The second kappa shape index (κ2) is 11.9. The van der Waals surface area contributed by atoms with Gasteiger partial charge in [-0.3, -0.25) is 0 Å². The van der Waals surface area contributed by atoms with Crippen LogP contribution in [0, 0.1) is 13.8 Å². The highest BCUT2D eigenvalue weighted by molar-refractivity contribution is 5.69. The second-order valence-corrected chi connectivity index (χ2v) is 9.57. The van der Waals surface area contributed by atoms with Crippen LogP contribution in [0.25, 0.3) is 45.8 Å². The Morgan fingerprint density at radius 1 is 0.553 bits per heavy atom. The van der Waals surface area contributed by atoms with Gasteiger partial charge in [0.15, 0.2) is 0 Å². The largest absolute Gasteiger partial charge is 0.494 e. The maximum absolute atomic E-state index is 6.14. The summed E-state index contributed by atoms with van der Waals surface area (Å²) < 4.78 is 18.2. The van der Waals surface area contributed by atoms with Crippen LogP contribution in [-0.2, 0) is 0 Å². The number of benzene rings is 3. The molecule has 2 heterocycles. The first-order chi connectivity index (χ1) is 18.6. The van der Waals surface area contributed by atoms with Gasteiger partial charge >= 0.3 is 0 Å². The van der Waals surface area contributed by atoms with E-state index in [4.69, 9.17) is 13.6 Å². The lowest BCUT2D eigenvalue weighted by molar-refractivity contribution is 0.304. The lowest BCUT2D eigenvalue weighted by atomic mass is 10.1. The molecule has 0 amide bonds. The number of ether oxygens (including phenoxy) is 1. The number of unbranched alkanes of at least 4 members (excludes halogenated alkanes) is 4. The molecule has 0 aliphatic heterocycles. The first-order valence-electron chi connectivity index (χ1n) is 13.2. The zero-order valence-corrected chi connectivity index (χ0v) is 22.1. The van der Waals surface area contributed by atoms with E-state index in [0.29, 0.717) is 35.9 Å². The topological polar surface area (TPSA) is 87.1 Å². The predicted molar refractivity (Wildman–Crippen MR) is 148 cm³/mol. The fourth-order valence-corrected chi connectivity index (χ4v) is 4.13. The molecule has 0 radical (unpaired) electrons. The Hall–Kier alpha value is -4.26. The molecule has 38 heavy (non-hydrogen) atoms. The fraction of sp³-hybridized carbons (Fsp3) is 0.290. The van der Waals surface area contributed by atoms with E-state index >= 15 is 0 Å². The van der Waals surface area contributed by atoms with Crippen molar-refractivity contribution in [3.05, 3.63) is 77.9 Å². The molecular formula is C31H32N4O3. The van der Waals surface area contributed by atoms with Crippen molar-refractivity contribution >= 4 is 0 Å². The van der Waals surface area contributed by atoms with Crippen molar-refractivity contribution in [2.75, 3.05) is 6.61 Å². The molecule has 0 spiro atoms. The molecular weight excluding hydrogens is 476 g/mol. The van der Waals surface area contributed by atoms with Gasteiger partial charge in [-0.1, -0.05) is 68.0 Å². The van der Waals surface area contributed by atoms with E-state index in [9.17, 15) is 0 Å². The molecule has 0 N–H and O–H groups in total. The smallest absolute Gasteiger partial charge is 0.248 e. The second-order valence-electron chi connectivity index (χ2n) is 9.57. The summed E-state index contributed by atoms with van der Waals surface area (Å²) in [5.41, 5.74) is 5.53. The highest BCUT2D eigenvalue weighted by Gasteiger charge is 2.17. The minimum absolute atomic E-state index is 0.397. The van der Waals surface area contributed by atoms with Gasteiger partial charge in [0, 0.05) is 22.3 Å². The van der Waals surface area contributed by atoms with E-state index < -0.39 is 0 Å². The Labute approximate surface area is 222 Å². The summed E-state index contributed by atoms with van der Waals surface area (Å²) in [5.74, 6) is 2.41. The zero-order chi connectivity index (χ0) is 26.3. The van der Waals surface area contributed by atoms with Crippen LogP contribution in [0.5, 0.6) is 5.75 Å². The molecule has 7 heteroatoms. The van der Waals surface area contributed by atoms with Crippen molar-refractivity contribution in [3.63, 3.8) is 0 Å². The summed E-state index contributed by atoms with van der Waals surface area (Å²) in [6, 6.07) is 21.7. The van der Waals surface area contributed by atoms with Crippen molar-refractivity contribution < 1.29 is 13.6 Å². The molecule has 0 bridgehead atoms. The van der Waals surface area contributed by atoms with Crippen LogP contribution < -0.4 is 4.74 Å². The van der Waals surface area contributed by atoms with Crippen molar-refractivity contribution in [1.29, 1.82) is 0 Å². The first-order valence-corrected chi connectivity index (χ1v) is 13.2. The van der Waals surface area contributed by atoms with E-state index in [2.05, 4.69) is 27.3 Å². The minimum Gasteiger partial charge on any atom is -0.494 e. The number of rotatable bonds is 11. The Morgan fingerprint density at radius 2 is 1.00 bits per heavy atom. The van der Waals surface area contributed by atoms with Gasteiger partial charge in [0.1, 0.15) is 5.75 Å². The zero-order valence-electron chi connectivity index (χ0n) is 22.1. The number of aryl methyl sites for hydroxylation is 2. The van der Waals surface area contributed by atoms with E-state index in [-0.39, 0.29) is 0 Å². The van der Waals surface area contributed by atoms with E-state index in [0.717, 1.165) is 35.1 Å². The predicted octanol–water partition coefficient (Wildman–Crippen LogP) is 8.09. The van der Waals surface area contributed by atoms with Crippen LogP contribution in [0.15, 0.2) is 75.6 Å². The van der Waals surface area contributed by atoms with Gasteiger partial charge < -0.3 is 13.6 Å². The summed E-state index contributed by atoms with van der Waals surface area (Å²) in [4.78, 5) is 0. The molecule has 0 fully saturated rings. The number of hydrogen-bond acceptors (Lipinski definition) is 7. The molecule has 0 saturated heterocycles. The van der Waals surface area contributed by atoms with Crippen molar-refractivity contribution in [1.82, 2.24) is 20.4 Å². The van der Waals surface area contributed by atoms with Crippen molar-refractivity contribution in [2.45, 2.75) is 52.9 Å². The Kier molecular flexibility index (Phi) is 7.92. The quantitative estimate of drug-likeness (QED) is 0.167. The van der Waals surface area contributed by atoms with E-state index in [1.807, 2.05) is 80.6 Å². The normalized spacial score (nSPS) is 11.1. The van der Waals surface area contributed by atoms with Gasteiger partial charge in [-0.15, -0.1) is 20.4 Å². The fourth-order valence-electron chi connectivity index (χ4n) is 4.13. The highest BCUT2D eigenvalue weighted by Crippen LogP contribution is 2.33. The third-order valence-corrected chi connectivity index (χ3v) is 6.36. The molecule has 0 unspecified atom stereocenters. The maximum Gasteiger partial charge on any atom is 0.248 e. The molecule has 2 aromatic heterocycles. The standard InChI is InChI=1S/C31H32N4O3/c1-4-5-6-7-8-17-36-27-19-25(30-34-32-28(37-30)23-13-9-21(2)10-14-23)18-26(20-27)31-35-33-29(38-31)24-15-11-22(3)12-16-24/h9-16,18-20H,4-8,17H2,1-3H3. The van der Waals surface area contributed by atoms with E-state index in [1.54, 1.807) is 0 Å². The van der Waals surface area contributed by atoms with Crippen LogP contribution in [0.4, 0.5) is 0 Å². The number of nitrogens with zero attached hydrogens (tertiary/aromatic N) is 4. The average Bonchev–Trinajstić information content (AvgIpc) is 3.62. The summed E-state index contributed by atoms with van der Waals surface area (Å²) in [5, 5.41) is 17.2. The maximum atomic E-state index is 6.14. The van der Waals surface area contributed by atoms with Crippen LogP contribution in [0.1, 0.15) is 50.2 Å². The Morgan fingerprint density at radius 3 is 1.47 bits per heavy atom. The number of aromatic nitrogens is 4. The number of hydrogen-bond donors (Lipinski definition) is 0. The SMILES string of the molecule is CCCCCCCOc1cc(-c2nnc(-c3ccc(C)cc3)o2)cc(-c2nnc(-c3ccc(C)cc3)o2)c1. The van der Waals surface area contributed by atoms with Crippen molar-refractivity contribution in [3.8, 4) is 51.6 Å². The van der Waals surface area contributed by atoms with Gasteiger partial charge in [-0.05, 0) is 62.7 Å². The molecule has 194 valence electrons. The molecule has 0 atom stereocenters. The molecule has 7 nitrogen and oxygen atoms in total. The summed E-state index contributed by atoms with van der Waals surface area (Å²) in [6.07, 6.45) is 5.83. The van der Waals surface area contributed by atoms with Gasteiger partial charge in [0.25, 0.3) is 0 Å². The molecule has 0 aliphatic carbocycles. The Bertz CT molecular complexity index is 1370. The summed E-state index contributed by atoms with van der Waals surface area (Å²) in [6.45, 7) is 6.93. The third-order valence-electron chi connectivity index (χ3n) is 6.36. The molecule has 0 saturated carbocycles. The van der Waals surface area contributed by atoms with Gasteiger partial charge in [0.05, 0.1) is 6.61 Å². The first kappa shape index (κ1) is 25.4. The lowest BCUT2D eigenvalue weighted by Crippen LogP contribution is -1.98. The van der Waals surface area contributed by atoms with E-state index in [1.165, 1.54) is 30.4 Å². The van der Waals surface area contributed by atoms with Crippen molar-refractivity contribution in [2.24, 2.45) is 0 Å². The lowest BCUT2D eigenvalue weighted by Gasteiger charge is -2.09. The van der Waals surface area contributed by atoms with Gasteiger partial charge in [-0.25, -0.2) is 0 Å². The Balaban J connectivity index is 1.43. The minimum atomic E-state index is 0.397. The molecule has 0 aliphatic rings. The highest BCUT2D eigenvalue weighted by atomic mass is 16.5. The third kappa shape index (κ3) is 6.17. The summed E-state index contributed by atoms with van der Waals surface area (Å²) >= 11 is 0. The van der Waals surface area contributed by atoms with Crippen LogP contribution >= 0.6 is 0 Å². The molecule has 5 rings (SSSR count). The molecule has 3 aromatic carbocycles. The molecule has 5 aromatic rings. The monoisotopic (exact) mass is 508 g/mol. The van der Waals surface area contributed by atoms with Gasteiger partial charge in [-0.2, -0.15) is 0 Å². The van der Waals surface area contributed by atoms with Crippen LogP contribution in [-0.4, -0.2) is 27.0 Å². The van der Waals surface area contributed by atoms with Gasteiger partial charge in [0.2, 0.25) is 23.6 Å². The summed E-state index contributed by atoms with van der Waals surface area (Å²) in [7, 11) is 0. The average molecular weight is 509 g/mol. The van der Waals surface area contributed by atoms with Crippen LogP contribution in [0.3, 0.4) is 0 Å².